The van der Waals surface area contributed by atoms with Crippen LogP contribution in [0.15, 0.2) is 53.1 Å². The van der Waals surface area contributed by atoms with Crippen LogP contribution in [0.4, 0.5) is 0 Å². The molecular formula is C16H19BrClN3. The lowest BCUT2D eigenvalue weighted by molar-refractivity contribution is 0.319. The molecule has 2 atom stereocenters. The molecule has 0 aliphatic carbocycles. The van der Waals surface area contributed by atoms with E-state index in [0.29, 0.717) is 5.92 Å². The van der Waals surface area contributed by atoms with Crippen molar-refractivity contribution in [1.29, 1.82) is 0 Å². The number of pyridine rings is 1. The third-order valence-electron chi connectivity index (χ3n) is 3.84. The maximum Gasteiger partial charge on any atom is 0.0544 e. The van der Waals surface area contributed by atoms with E-state index in [9.17, 15) is 0 Å². The molecule has 1 aliphatic heterocycles. The molecule has 1 saturated heterocycles. The van der Waals surface area contributed by atoms with E-state index in [-0.39, 0.29) is 18.4 Å². The van der Waals surface area contributed by atoms with E-state index in [1.54, 1.807) is 0 Å². The fourth-order valence-electron chi connectivity index (χ4n) is 2.82. The summed E-state index contributed by atoms with van der Waals surface area (Å²) in [6, 6.07) is 14.9. The Morgan fingerprint density at radius 1 is 1.14 bits per heavy atom. The van der Waals surface area contributed by atoms with E-state index in [1.807, 2.05) is 18.3 Å². The van der Waals surface area contributed by atoms with Gasteiger partial charge in [0.25, 0.3) is 0 Å². The lowest BCUT2D eigenvalue weighted by atomic mass is 9.95. The number of rotatable bonds is 3. The zero-order valence-corrected chi connectivity index (χ0v) is 14.1. The van der Waals surface area contributed by atoms with Gasteiger partial charge in [-0.25, -0.2) is 0 Å². The number of hydrogen-bond acceptors (Lipinski definition) is 3. The molecule has 0 unspecified atom stereocenters. The lowest BCUT2D eigenvalue weighted by Crippen LogP contribution is -2.28. The first-order valence-corrected chi connectivity index (χ1v) is 7.65. The monoisotopic (exact) mass is 367 g/mol. The molecule has 21 heavy (non-hydrogen) atoms. The Balaban J connectivity index is 0.00000161. The van der Waals surface area contributed by atoms with Crippen molar-refractivity contribution in [1.82, 2.24) is 9.88 Å². The summed E-state index contributed by atoms with van der Waals surface area (Å²) in [5, 5.41) is 0. The van der Waals surface area contributed by atoms with Crippen LogP contribution in [0.25, 0.3) is 0 Å². The van der Waals surface area contributed by atoms with Crippen LogP contribution >= 0.6 is 28.3 Å². The van der Waals surface area contributed by atoms with Crippen LogP contribution in [0.3, 0.4) is 0 Å². The first-order chi connectivity index (χ1) is 9.72. The summed E-state index contributed by atoms with van der Waals surface area (Å²) in [6.45, 7) is 2.80. The molecule has 1 aromatic carbocycles. The number of hydrogen-bond donors (Lipinski definition) is 1. The Morgan fingerprint density at radius 3 is 2.57 bits per heavy atom. The summed E-state index contributed by atoms with van der Waals surface area (Å²) < 4.78 is 1.02. The molecule has 0 amide bonds. The van der Waals surface area contributed by atoms with Crippen LogP contribution in [-0.4, -0.2) is 29.0 Å². The van der Waals surface area contributed by atoms with Crippen LogP contribution in [0.5, 0.6) is 0 Å². The van der Waals surface area contributed by atoms with Gasteiger partial charge in [-0.1, -0.05) is 30.3 Å². The molecule has 5 heteroatoms. The largest absolute Gasteiger partial charge is 0.326 e. The van der Waals surface area contributed by atoms with Gasteiger partial charge >= 0.3 is 0 Å². The highest BCUT2D eigenvalue weighted by Crippen LogP contribution is 2.27. The number of aromatic nitrogens is 1. The van der Waals surface area contributed by atoms with Crippen molar-refractivity contribution in [2.24, 2.45) is 5.73 Å². The van der Waals surface area contributed by atoms with E-state index in [1.165, 1.54) is 5.56 Å². The van der Waals surface area contributed by atoms with Gasteiger partial charge in [0.15, 0.2) is 0 Å². The predicted octanol–water partition coefficient (Wildman–Crippen LogP) is 3.19. The summed E-state index contributed by atoms with van der Waals surface area (Å²) in [7, 11) is 0. The Morgan fingerprint density at radius 2 is 1.90 bits per heavy atom. The minimum atomic E-state index is 0. The molecule has 3 rings (SSSR count). The summed E-state index contributed by atoms with van der Waals surface area (Å²) in [6.07, 6.45) is 1.85. The first-order valence-electron chi connectivity index (χ1n) is 6.85. The zero-order chi connectivity index (χ0) is 13.9. The second-order valence-corrected chi connectivity index (χ2v) is 6.26. The average molecular weight is 369 g/mol. The highest BCUT2D eigenvalue weighted by Gasteiger charge is 2.31. The highest BCUT2D eigenvalue weighted by atomic mass is 79.9. The summed E-state index contributed by atoms with van der Waals surface area (Å²) in [5.41, 5.74) is 8.74. The fourth-order valence-corrected chi connectivity index (χ4v) is 3.06. The third kappa shape index (κ3) is 4.04. The normalized spacial score (nSPS) is 22.0. The SMILES string of the molecule is Cl.N[C@@H]1CN(Cc2ccc(Br)cn2)C[C@H]1c1ccccc1. The van der Waals surface area contributed by atoms with E-state index in [4.69, 9.17) is 5.73 Å². The highest BCUT2D eigenvalue weighted by molar-refractivity contribution is 9.10. The van der Waals surface area contributed by atoms with Crippen LogP contribution in [0.1, 0.15) is 17.2 Å². The van der Waals surface area contributed by atoms with E-state index < -0.39 is 0 Å². The van der Waals surface area contributed by atoms with Crippen LogP contribution in [0, 0.1) is 0 Å². The van der Waals surface area contributed by atoms with Crippen molar-refractivity contribution in [2.45, 2.75) is 18.5 Å². The van der Waals surface area contributed by atoms with Gasteiger partial charge in [0.1, 0.15) is 0 Å². The molecule has 1 aromatic heterocycles. The van der Waals surface area contributed by atoms with Crippen LogP contribution in [0.2, 0.25) is 0 Å². The van der Waals surface area contributed by atoms with E-state index >= 15 is 0 Å². The minimum absolute atomic E-state index is 0. The van der Waals surface area contributed by atoms with E-state index in [2.05, 4.69) is 56.1 Å². The molecule has 0 bridgehead atoms. The number of likely N-dealkylation sites (tertiary alicyclic amines) is 1. The van der Waals surface area contributed by atoms with Crippen molar-refractivity contribution in [3.63, 3.8) is 0 Å². The number of halogens is 2. The summed E-state index contributed by atoms with van der Waals surface area (Å²) in [4.78, 5) is 6.82. The average Bonchev–Trinajstić information content (AvgIpc) is 2.83. The molecule has 2 heterocycles. The molecule has 1 fully saturated rings. The van der Waals surface area contributed by atoms with Gasteiger partial charge in [-0.15, -0.1) is 12.4 Å². The van der Waals surface area contributed by atoms with Crippen molar-refractivity contribution >= 4 is 28.3 Å². The molecule has 112 valence electrons. The predicted molar refractivity (Wildman–Crippen MR) is 91.6 cm³/mol. The molecule has 3 nitrogen and oxygen atoms in total. The number of nitrogens with two attached hydrogens (primary N) is 1. The van der Waals surface area contributed by atoms with E-state index in [0.717, 1.165) is 29.8 Å². The van der Waals surface area contributed by atoms with Gasteiger partial charge in [-0.2, -0.15) is 0 Å². The Hall–Kier alpha value is -0.940. The Kier molecular flexibility index (Phi) is 5.76. The first kappa shape index (κ1) is 16.4. The maximum atomic E-state index is 6.31. The second-order valence-electron chi connectivity index (χ2n) is 5.34. The van der Waals surface area contributed by atoms with Crippen LogP contribution in [-0.2, 0) is 6.54 Å². The molecule has 2 N–H and O–H groups in total. The Labute approximate surface area is 140 Å². The van der Waals surface area contributed by atoms with Crippen molar-refractivity contribution < 1.29 is 0 Å². The zero-order valence-electron chi connectivity index (χ0n) is 11.7. The molecule has 0 radical (unpaired) electrons. The van der Waals surface area contributed by atoms with Crippen LogP contribution < -0.4 is 5.73 Å². The second kappa shape index (κ2) is 7.36. The number of nitrogens with zero attached hydrogens (tertiary/aromatic N) is 2. The summed E-state index contributed by atoms with van der Waals surface area (Å²) in [5.74, 6) is 0.423. The van der Waals surface area contributed by atoms with Gasteiger partial charge in [-0.3, -0.25) is 9.88 Å². The van der Waals surface area contributed by atoms with Gasteiger partial charge in [0.05, 0.1) is 5.69 Å². The third-order valence-corrected chi connectivity index (χ3v) is 4.31. The molecule has 1 aliphatic rings. The molecule has 2 aromatic rings. The minimum Gasteiger partial charge on any atom is -0.326 e. The van der Waals surface area contributed by atoms with Crippen molar-refractivity contribution in [3.05, 3.63) is 64.4 Å². The van der Waals surface area contributed by atoms with Gasteiger partial charge < -0.3 is 5.73 Å². The van der Waals surface area contributed by atoms with Crippen molar-refractivity contribution in [3.8, 4) is 0 Å². The number of benzene rings is 1. The van der Waals surface area contributed by atoms with Gasteiger partial charge in [0, 0.05) is 42.3 Å². The molecule has 0 spiro atoms. The standard InChI is InChI=1S/C16H18BrN3.ClH/c17-13-6-7-14(19-8-13)9-20-10-15(16(18)11-20)12-4-2-1-3-5-12;/h1-8,15-16H,9-11,18H2;1H/t15-,16+;/m0./s1. The topological polar surface area (TPSA) is 42.1 Å². The maximum absolute atomic E-state index is 6.31. The molecular weight excluding hydrogens is 350 g/mol. The molecule has 0 saturated carbocycles. The Bertz CT molecular complexity index is 561. The van der Waals surface area contributed by atoms with Crippen molar-refractivity contribution in [2.75, 3.05) is 13.1 Å². The summed E-state index contributed by atoms with van der Waals surface area (Å²) >= 11 is 3.41. The fraction of sp³-hybridized carbons (Fsp3) is 0.312. The quantitative estimate of drug-likeness (QED) is 0.904. The van der Waals surface area contributed by atoms with Gasteiger partial charge in [-0.05, 0) is 33.6 Å². The smallest absolute Gasteiger partial charge is 0.0544 e. The lowest BCUT2D eigenvalue weighted by Gasteiger charge is -2.15. The van der Waals surface area contributed by atoms with Gasteiger partial charge in [0.2, 0.25) is 0 Å².